The van der Waals surface area contributed by atoms with Gasteiger partial charge in [-0.05, 0) is 136 Å². The molecule has 0 saturated heterocycles. The minimum Gasteiger partial charge on any atom is -0.394 e. The van der Waals surface area contributed by atoms with Crippen LogP contribution in [0.1, 0.15) is 61.7 Å². The van der Waals surface area contributed by atoms with E-state index >= 15 is 0 Å². The summed E-state index contributed by atoms with van der Waals surface area (Å²) in [6.45, 7) is -3.52. The van der Waals surface area contributed by atoms with Gasteiger partial charge in [-0.2, -0.15) is 0 Å². The zero-order valence-electron chi connectivity index (χ0n) is 34.3. The van der Waals surface area contributed by atoms with E-state index in [2.05, 4.69) is 21.3 Å². The highest BCUT2D eigenvalue weighted by molar-refractivity contribution is 14.1. The number of carbonyl (C=O) groups excluding carboxylic acids is 6. The van der Waals surface area contributed by atoms with E-state index in [0.717, 1.165) is 23.6 Å². The van der Waals surface area contributed by atoms with Crippen molar-refractivity contribution in [2.45, 2.75) is 56.8 Å². The molecule has 0 radical (unpaired) electrons. The first kappa shape index (κ1) is 60.4. The van der Waals surface area contributed by atoms with Crippen molar-refractivity contribution in [2.24, 2.45) is 0 Å². The number of halogens is 6. The molecule has 65 heavy (non-hydrogen) atoms. The molecule has 0 spiro atoms. The molecule has 0 saturated carbocycles. The summed E-state index contributed by atoms with van der Waals surface area (Å²) < 4.78 is 0.620. The molecule has 0 aliphatic heterocycles. The molecule has 2 aromatic rings. The summed E-state index contributed by atoms with van der Waals surface area (Å²) in [6.07, 6.45) is -6.32. The number of nitrogens with one attached hydrogen (secondary N) is 4. The second-order valence-electron chi connectivity index (χ2n) is 14.0. The van der Waals surface area contributed by atoms with Crippen molar-refractivity contribution >= 4 is 182 Å². The van der Waals surface area contributed by atoms with E-state index < -0.39 is 144 Å². The van der Waals surface area contributed by atoms with E-state index in [1.165, 1.54) is 0 Å². The summed E-state index contributed by atoms with van der Waals surface area (Å²) in [7, 11) is 0. The molecule has 2 aromatic carbocycles. The van der Waals surface area contributed by atoms with Crippen LogP contribution in [0.4, 0.5) is 11.4 Å². The molecule has 0 aliphatic rings. The van der Waals surface area contributed by atoms with Crippen LogP contribution in [0, 0.1) is 21.4 Å². The quantitative estimate of drug-likeness (QED) is 0.0514. The lowest BCUT2D eigenvalue weighted by Gasteiger charge is -2.31. The maximum absolute atomic E-state index is 13.7. The molecular formula is C37H48I6N6O16. The van der Waals surface area contributed by atoms with Gasteiger partial charge in [-0.3, -0.25) is 28.8 Å². The molecule has 4 unspecified atom stereocenters. The maximum Gasteiger partial charge on any atom is 0.253 e. The van der Waals surface area contributed by atoms with Crippen molar-refractivity contribution in [1.29, 1.82) is 0 Å². The largest absolute Gasteiger partial charge is 0.394 e. The fourth-order valence-electron chi connectivity index (χ4n) is 5.75. The van der Waals surface area contributed by atoms with Crippen molar-refractivity contribution in [2.75, 3.05) is 75.6 Å². The number of benzene rings is 2. The second-order valence-corrected chi connectivity index (χ2v) is 20.5. The molecule has 28 heteroatoms. The summed E-state index contributed by atoms with van der Waals surface area (Å²) in [5.74, 6) is -4.68. The molecule has 0 aliphatic carbocycles. The monoisotopic (exact) mass is 1590 g/mol. The average Bonchev–Trinajstić information content (AvgIpc) is 3.24. The van der Waals surface area contributed by atoms with Crippen molar-refractivity contribution < 1.29 is 79.8 Å². The Labute approximate surface area is 454 Å². The number of aliphatic hydroxyl groups excluding tert-OH is 10. The smallest absolute Gasteiger partial charge is 0.253 e. The summed E-state index contributed by atoms with van der Waals surface area (Å²) in [6, 6.07) is -2.21. The van der Waals surface area contributed by atoms with Gasteiger partial charge in [0.15, 0.2) is 0 Å². The highest BCUT2D eigenvalue weighted by atomic mass is 127. The zero-order valence-corrected chi connectivity index (χ0v) is 47.3. The molecule has 22 nitrogen and oxygen atoms in total. The first-order chi connectivity index (χ1) is 30.5. The van der Waals surface area contributed by atoms with Crippen LogP contribution in [0.3, 0.4) is 0 Å². The van der Waals surface area contributed by atoms with Gasteiger partial charge in [0, 0.05) is 40.5 Å². The molecule has 6 amide bonds. The molecule has 14 N–H and O–H groups in total. The van der Waals surface area contributed by atoms with E-state index in [1.807, 2.05) is 0 Å². The van der Waals surface area contributed by atoms with Gasteiger partial charge >= 0.3 is 0 Å². The lowest BCUT2D eigenvalue weighted by Crippen LogP contribution is -2.44. The van der Waals surface area contributed by atoms with Gasteiger partial charge in [0.05, 0.1) is 137 Å². The first-order valence-corrected chi connectivity index (χ1v) is 25.5. The van der Waals surface area contributed by atoms with Gasteiger partial charge in [-0.15, -0.1) is 0 Å². The summed E-state index contributed by atoms with van der Waals surface area (Å²) in [5.41, 5.74) is -0.581. The van der Waals surface area contributed by atoms with E-state index in [4.69, 9.17) is 0 Å². The summed E-state index contributed by atoms with van der Waals surface area (Å²) in [5, 5.41) is 110. The average molecular weight is 1590 g/mol. The van der Waals surface area contributed by atoms with E-state index in [9.17, 15) is 79.8 Å². The van der Waals surface area contributed by atoms with Crippen molar-refractivity contribution in [3.63, 3.8) is 0 Å². The Morgan fingerprint density at radius 3 is 0.969 bits per heavy atom. The van der Waals surface area contributed by atoms with Crippen LogP contribution in [0.5, 0.6) is 0 Å². The molecule has 364 valence electrons. The van der Waals surface area contributed by atoms with Crippen LogP contribution in [-0.4, -0.2) is 189 Å². The van der Waals surface area contributed by atoms with Crippen LogP contribution in [0.2, 0.25) is 0 Å². The minimum absolute atomic E-state index is 0.0173. The second kappa shape index (κ2) is 28.8. The Balaban J connectivity index is 2.71. The topological polar surface area (TPSA) is 359 Å². The first-order valence-electron chi connectivity index (χ1n) is 19.0. The zero-order chi connectivity index (χ0) is 49.6. The SMILES string of the molecule is CC(=O)N(CC(O)CC(O)CN(C(C)=O)c1c(I)c(C(=O)NCC(O)CO)c(I)c(C(=O)NC(CO)CO)c1I)c1c(I)c(C(=O)NCC(O)CO)c(I)c(C(=O)NC(CO)CO)c1I. The van der Waals surface area contributed by atoms with Crippen LogP contribution in [0.25, 0.3) is 0 Å². The molecular weight excluding hydrogens is 1550 g/mol. The number of carbonyl (C=O) groups is 6. The van der Waals surface area contributed by atoms with Gasteiger partial charge in [-0.1, -0.05) is 0 Å². The number of hydrogen-bond acceptors (Lipinski definition) is 16. The molecule has 2 rings (SSSR count). The number of hydrogen-bond donors (Lipinski definition) is 14. The predicted octanol–water partition coefficient (Wildman–Crippen LogP) is -1.84. The van der Waals surface area contributed by atoms with Crippen molar-refractivity contribution in [1.82, 2.24) is 21.3 Å². The lowest BCUT2D eigenvalue weighted by molar-refractivity contribution is -0.117. The van der Waals surface area contributed by atoms with Crippen molar-refractivity contribution in [3.05, 3.63) is 43.7 Å². The normalized spacial score (nSPS) is 13.2. The molecule has 0 aromatic heterocycles. The number of anilines is 2. The van der Waals surface area contributed by atoms with Gasteiger partial charge in [0.25, 0.3) is 23.6 Å². The Morgan fingerprint density at radius 1 is 0.446 bits per heavy atom. The van der Waals surface area contributed by atoms with Gasteiger partial charge in [0.1, 0.15) is 0 Å². The van der Waals surface area contributed by atoms with Crippen LogP contribution in [0.15, 0.2) is 0 Å². The van der Waals surface area contributed by atoms with Crippen molar-refractivity contribution in [3.8, 4) is 0 Å². The number of aliphatic hydroxyl groups is 10. The van der Waals surface area contributed by atoms with Gasteiger partial charge < -0.3 is 82.1 Å². The maximum atomic E-state index is 13.7. The molecule has 0 heterocycles. The van der Waals surface area contributed by atoms with Gasteiger partial charge in [-0.25, -0.2) is 0 Å². The van der Waals surface area contributed by atoms with Crippen LogP contribution >= 0.6 is 136 Å². The fourth-order valence-corrected chi connectivity index (χ4v) is 15.2. The Morgan fingerprint density at radius 2 is 0.723 bits per heavy atom. The third-order valence-corrected chi connectivity index (χ3v) is 15.5. The molecule has 0 bridgehead atoms. The van der Waals surface area contributed by atoms with Crippen LogP contribution < -0.4 is 31.1 Å². The number of rotatable bonds is 24. The molecule has 4 atom stereocenters. The minimum atomic E-state index is -1.57. The number of amides is 6. The number of nitrogens with zero attached hydrogens (tertiary/aromatic N) is 2. The van der Waals surface area contributed by atoms with E-state index in [-0.39, 0.29) is 55.0 Å². The van der Waals surface area contributed by atoms with Crippen LogP contribution in [-0.2, 0) is 9.59 Å². The summed E-state index contributed by atoms with van der Waals surface area (Å²) in [4.78, 5) is 83.5. The van der Waals surface area contributed by atoms with Gasteiger partial charge in [0.2, 0.25) is 11.8 Å². The highest BCUT2D eigenvalue weighted by Gasteiger charge is 2.35. The molecule has 0 fully saturated rings. The summed E-state index contributed by atoms with van der Waals surface area (Å²) >= 11 is 10.6. The van der Waals surface area contributed by atoms with E-state index in [0.29, 0.717) is 0 Å². The Kier molecular flexibility index (Phi) is 26.7. The third kappa shape index (κ3) is 16.1. The standard InChI is InChI=1S/C37H48I6N6O16/c1-14(56)48(32-28(40)22(34(62)44-4-20(60)12-54)26(38)24(30(32)42)36(64)46-16(8-50)9-51)6-18(58)3-19(59)7-49(15(2)57)33-29(41)23(35(63)45-5-21(61)13-55)27(39)25(31(33)43)37(65)47-17(10-52)11-53/h16-21,50-55,58-61H,3-13H2,1-2H3,(H,44,62)(H,45,63)(H,46,64)(H,47,65). The predicted molar refractivity (Wildman–Crippen MR) is 284 cm³/mol. The Hall–Kier alpha value is -0.760. The fraction of sp³-hybridized carbons (Fsp3) is 0.514. The third-order valence-electron chi connectivity index (χ3n) is 9.10. The highest BCUT2D eigenvalue weighted by Crippen LogP contribution is 2.40. The van der Waals surface area contributed by atoms with E-state index in [1.54, 1.807) is 136 Å². The lowest BCUT2D eigenvalue weighted by atomic mass is 10.0. The Bertz CT molecular complexity index is 1920.